The fraction of sp³-hybridized carbons (Fsp3) is 0.583. The zero-order chi connectivity index (χ0) is 11.4. The predicted molar refractivity (Wildman–Crippen MR) is 66.6 cm³/mol. The second-order valence-corrected chi connectivity index (χ2v) is 5.33. The van der Waals surface area contributed by atoms with Crippen LogP contribution in [-0.2, 0) is 6.54 Å². The molecule has 0 amide bonds. The van der Waals surface area contributed by atoms with Crippen molar-refractivity contribution in [3.8, 4) is 0 Å². The fourth-order valence-corrected chi connectivity index (χ4v) is 2.82. The van der Waals surface area contributed by atoms with Crippen LogP contribution in [0.5, 0.6) is 0 Å². The van der Waals surface area contributed by atoms with Gasteiger partial charge >= 0.3 is 0 Å². The molecule has 0 aromatic carbocycles. The van der Waals surface area contributed by atoms with Gasteiger partial charge in [-0.15, -0.1) is 17.9 Å². The lowest BCUT2D eigenvalue weighted by Gasteiger charge is -2.17. The molecule has 1 aliphatic carbocycles. The van der Waals surface area contributed by atoms with Crippen molar-refractivity contribution in [3.63, 3.8) is 0 Å². The van der Waals surface area contributed by atoms with Gasteiger partial charge in [-0.2, -0.15) is 0 Å². The van der Waals surface area contributed by atoms with Gasteiger partial charge in [-0.05, 0) is 12.8 Å². The van der Waals surface area contributed by atoms with Crippen LogP contribution in [0, 0.1) is 0 Å². The third kappa shape index (κ3) is 3.14. The molecular formula is C12H18N2OS. The fourth-order valence-electron chi connectivity index (χ4n) is 1.69. The van der Waals surface area contributed by atoms with Gasteiger partial charge in [-0.3, -0.25) is 4.90 Å². The molecule has 0 saturated heterocycles. The van der Waals surface area contributed by atoms with Crippen LogP contribution in [0.2, 0.25) is 0 Å². The van der Waals surface area contributed by atoms with Crippen molar-refractivity contribution in [2.75, 3.05) is 19.7 Å². The Labute approximate surface area is 100 Å². The van der Waals surface area contributed by atoms with Crippen molar-refractivity contribution >= 4 is 11.3 Å². The van der Waals surface area contributed by atoms with Crippen LogP contribution in [0.4, 0.5) is 0 Å². The lowest BCUT2D eigenvalue weighted by molar-refractivity contribution is 0.204. The minimum atomic E-state index is 0.197. The number of nitrogens with zero attached hydrogens (tertiary/aromatic N) is 2. The predicted octanol–water partition coefficient (Wildman–Crippen LogP) is 2.00. The van der Waals surface area contributed by atoms with Gasteiger partial charge in [0.15, 0.2) is 0 Å². The van der Waals surface area contributed by atoms with E-state index in [0.29, 0.717) is 6.54 Å². The molecular weight excluding hydrogens is 220 g/mol. The molecule has 1 aromatic heterocycles. The van der Waals surface area contributed by atoms with Crippen LogP contribution < -0.4 is 0 Å². The second kappa shape index (κ2) is 5.57. The average Bonchev–Trinajstić information content (AvgIpc) is 3.01. The Bertz CT molecular complexity index is 347. The molecule has 0 bridgehead atoms. The van der Waals surface area contributed by atoms with Gasteiger partial charge in [-0.1, -0.05) is 6.08 Å². The lowest BCUT2D eigenvalue weighted by atomic mass is 10.4. The van der Waals surface area contributed by atoms with Crippen LogP contribution in [-0.4, -0.2) is 34.7 Å². The summed E-state index contributed by atoms with van der Waals surface area (Å²) < 4.78 is 0. The van der Waals surface area contributed by atoms with Crippen molar-refractivity contribution < 1.29 is 5.11 Å². The highest BCUT2D eigenvalue weighted by atomic mass is 32.1. The first-order valence-electron chi connectivity index (χ1n) is 5.72. The molecule has 0 aliphatic heterocycles. The summed E-state index contributed by atoms with van der Waals surface area (Å²) in [6.07, 6.45) is 6.46. The molecule has 1 N–H and O–H groups in total. The van der Waals surface area contributed by atoms with Crippen LogP contribution in [0.25, 0.3) is 0 Å². The van der Waals surface area contributed by atoms with Gasteiger partial charge in [0.2, 0.25) is 0 Å². The maximum absolute atomic E-state index is 8.96. The lowest BCUT2D eigenvalue weighted by Crippen LogP contribution is -2.26. The first kappa shape index (κ1) is 11.8. The first-order chi connectivity index (χ1) is 7.83. The summed E-state index contributed by atoms with van der Waals surface area (Å²) in [6.45, 7) is 6.31. The van der Waals surface area contributed by atoms with Gasteiger partial charge in [0.1, 0.15) is 0 Å². The van der Waals surface area contributed by atoms with Crippen LogP contribution in [0.3, 0.4) is 0 Å². The molecule has 1 aliphatic rings. The molecule has 1 saturated carbocycles. The summed E-state index contributed by atoms with van der Waals surface area (Å²) in [5.74, 6) is 0.740. The van der Waals surface area contributed by atoms with Crippen molar-refractivity contribution in [2.24, 2.45) is 0 Å². The molecule has 4 heteroatoms. The van der Waals surface area contributed by atoms with E-state index in [1.807, 2.05) is 23.6 Å². The Morgan fingerprint density at radius 3 is 3.06 bits per heavy atom. The van der Waals surface area contributed by atoms with Gasteiger partial charge in [0.25, 0.3) is 0 Å². The molecule has 16 heavy (non-hydrogen) atoms. The molecule has 2 rings (SSSR count). The van der Waals surface area contributed by atoms with Crippen molar-refractivity contribution in [2.45, 2.75) is 25.3 Å². The topological polar surface area (TPSA) is 36.4 Å². The van der Waals surface area contributed by atoms with E-state index in [2.05, 4.69) is 16.5 Å². The molecule has 0 unspecified atom stereocenters. The maximum Gasteiger partial charge on any atom is 0.0959 e. The number of aliphatic hydroxyl groups excluding tert-OH is 1. The smallest absolute Gasteiger partial charge is 0.0959 e. The minimum Gasteiger partial charge on any atom is -0.395 e. The minimum absolute atomic E-state index is 0.197. The Morgan fingerprint density at radius 2 is 2.44 bits per heavy atom. The maximum atomic E-state index is 8.96. The van der Waals surface area contributed by atoms with Gasteiger partial charge < -0.3 is 5.11 Å². The van der Waals surface area contributed by atoms with E-state index in [9.17, 15) is 0 Å². The standard InChI is InChI=1S/C12H18N2OS/c1-2-5-14(6-7-15)9-11-8-13-12(16-11)10-3-4-10/h2,8,10,15H,1,3-7,9H2. The number of hydrogen-bond acceptors (Lipinski definition) is 4. The van der Waals surface area contributed by atoms with Gasteiger partial charge in [0.05, 0.1) is 11.6 Å². The SMILES string of the molecule is C=CCN(CCO)Cc1cnc(C2CC2)s1. The molecule has 88 valence electrons. The summed E-state index contributed by atoms with van der Waals surface area (Å²) >= 11 is 1.81. The molecule has 0 radical (unpaired) electrons. The summed E-state index contributed by atoms with van der Waals surface area (Å²) in [7, 11) is 0. The zero-order valence-corrected chi connectivity index (χ0v) is 10.2. The first-order valence-corrected chi connectivity index (χ1v) is 6.54. The second-order valence-electron chi connectivity index (χ2n) is 4.19. The van der Waals surface area contributed by atoms with Crippen molar-refractivity contribution in [1.82, 2.24) is 9.88 Å². The third-order valence-electron chi connectivity index (χ3n) is 2.68. The summed E-state index contributed by atoms with van der Waals surface area (Å²) in [5, 5.41) is 10.2. The highest BCUT2D eigenvalue weighted by Crippen LogP contribution is 2.41. The molecule has 1 heterocycles. The van der Waals surface area contributed by atoms with E-state index in [4.69, 9.17) is 5.11 Å². The summed E-state index contributed by atoms with van der Waals surface area (Å²) in [6, 6.07) is 0. The number of thiazole rings is 1. The number of hydrogen-bond donors (Lipinski definition) is 1. The van der Waals surface area contributed by atoms with E-state index >= 15 is 0 Å². The highest BCUT2D eigenvalue weighted by Gasteiger charge is 2.26. The zero-order valence-electron chi connectivity index (χ0n) is 9.43. The van der Waals surface area contributed by atoms with Crippen LogP contribution in [0.1, 0.15) is 28.6 Å². The molecule has 1 fully saturated rings. The average molecular weight is 238 g/mol. The summed E-state index contributed by atoms with van der Waals surface area (Å²) in [4.78, 5) is 7.92. The highest BCUT2D eigenvalue weighted by molar-refractivity contribution is 7.11. The number of rotatable bonds is 7. The number of aromatic nitrogens is 1. The third-order valence-corrected chi connectivity index (χ3v) is 3.83. The molecule has 3 nitrogen and oxygen atoms in total. The Kier molecular flexibility index (Phi) is 4.09. The molecule has 1 aromatic rings. The normalized spacial score (nSPS) is 15.6. The van der Waals surface area contributed by atoms with E-state index in [1.54, 1.807) is 0 Å². The van der Waals surface area contributed by atoms with Crippen molar-refractivity contribution in [3.05, 3.63) is 28.7 Å². The Hall–Kier alpha value is -0.710. The van der Waals surface area contributed by atoms with Crippen molar-refractivity contribution in [1.29, 1.82) is 0 Å². The van der Waals surface area contributed by atoms with Crippen LogP contribution in [0.15, 0.2) is 18.9 Å². The molecule has 0 spiro atoms. The Balaban J connectivity index is 1.91. The van der Waals surface area contributed by atoms with E-state index in [0.717, 1.165) is 19.0 Å². The Morgan fingerprint density at radius 1 is 1.62 bits per heavy atom. The van der Waals surface area contributed by atoms with Crippen LogP contribution >= 0.6 is 11.3 Å². The largest absolute Gasteiger partial charge is 0.395 e. The van der Waals surface area contributed by atoms with E-state index < -0.39 is 0 Å². The van der Waals surface area contributed by atoms with Gasteiger partial charge in [-0.25, -0.2) is 4.98 Å². The molecule has 0 atom stereocenters. The van der Waals surface area contributed by atoms with E-state index in [-0.39, 0.29) is 6.61 Å². The van der Waals surface area contributed by atoms with Gasteiger partial charge in [0, 0.05) is 36.6 Å². The summed E-state index contributed by atoms with van der Waals surface area (Å²) in [5.41, 5.74) is 0. The number of aliphatic hydroxyl groups is 1. The quantitative estimate of drug-likeness (QED) is 0.738. The van der Waals surface area contributed by atoms with E-state index in [1.165, 1.54) is 22.7 Å². The monoisotopic (exact) mass is 238 g/mol.